The number of ketones is 1. The molecule has 0 atom stereocenters. The maximum absolute atomic E-state index is 13.1. The van der Waals surface area contributed by atoms with Crippen LogP contribution in [0.2, 0.25) is 5.02 Å². The number of benzene rings is 2. The summed E-state index contributed by atoms with van der Waals surface area (Å²) in [7, 11) is 0. The Labute approximate surface area is 169 Å². The van der Waals surface area contributed by atoms with Gasteiger partial charge in [-0.3, -0.25) is 18.7 Å². The third-order valence-corrected chi connectivity index (χ3v) is 5.58. The third-order valence-electron chi connectivity index (χ3n) is 4.48. The highest BCUT2D eigenvalue weighted by atomic mass is 35.5. The van der Waals surface area contributed by atoms with Crippen LogP contribution in [-0.2, 0) is 13.1 Å². The van der Waals surface area contributed by atoms with Gasteiger partial charge in [0.25, 0.3) is 5.56 Å². The molecule has 28 heavy (non-hydrogen) atoms. The SMILES string of the molecule is O=C(Cn1c(=O)n(Cc2cccs2)c(=O)c2ccc(Cl)cc21)c1ccccc1. The summed E-state index contributed by atoms with van der Waals surface area (Å²) in [6, 6.07) is 17.2. The lowest BCUT2D eigenvalue weighted by molar-refractivity contribution is 0.0971. The van der Waals surface area contributed by atoms with Gasteiger partial charge in [0, 0.05) is 15.5 Å². The molecule has 0 saturated heterocycles. The molecule has 0 radical (unpaired) electrons. The number of thiophene rings is 1. The molecular weight excluding hydrogens is 396 g/mol. The number of hydrogen-bond acceptors (Lipinski definition) is 4. The number of aromatic nitrogens is 2. The first-order chi connectivity index (χ1) is 13.5. The summed E-state index contributed by atoms with van der Waals surface area (Å²) < 4.78 is 2.49. The van der Waals surface area contributed by atoms with Gasteiger partial charge < -0.3 is 0 Å². The Kier molecular flexibility index (Phi) is 4.98. The van der Waals surface area contributed by atoms with Crippen LogP contribution < -0.4 is 11.2 Å². The Morgan fingerprint density at radius 2 is 1.75 bits per heavy atom. The van der Waals surface area contributed by atoms with E-state index in [2.05, 4.69) is 0 Å². The molecule has 0 fully saturated rings. The zero-order valence-electron chi connectivity index (χ0n) is 14.7. The zero-order valence-corrected chi connectivity index (χ0v) is 16.2. The molecule has 4 aromatic rings. The van der Waals surface area contributed by atoms with E-state index in [9.17, 15) is 14.4 Å². The Bertz CT molecular complexity index is 1270. The van der Waals surface area contributed by atoms with Gasteiger partial charge in [0.15, 0.2) is 5.78 Å². The van der Waals surface area contributed by atoms with Gasteiger partial charge in [-0.25, -0.2) is 4.79 Å². The largest absolute Gasteiger partial charge is 0.332 e. The minimum Gasteiger partial charge on any atom is -0.292 e. The van der Waals surface area contributed by atoms with Gasteiger partial charge in [-0.2, -0.15) is 0 Å². The molecule has 4 rings (SSSR count). The topological polar surface area (TPSA) is 61.1 Å². The predicted octanol–water partition coefficient (Wildman–Crippen LogP) is 3.81. The smallest absolute Gasteiger partial charge is 0.292 e. The molecule has 0 amide bonds. The number of hydrogen-bond donors (Lipinski definition) is 0. The third kappa shape index (κ3) is 3.44. The van der Waals surface area contributed by atoms with Crippen LogP contribution in [0, 0.1) is 0 Å². The van der Waals surface area contributed by atoms with Gasteiger partial charge in [0.2, 0.25) is 0 Å². The van der Waals surface area contributed by atoms with E-state index < -0.39 is 11.2 Å². The minimum absolute atomic E-state index is 0.160. The van der Waals surface area contributed by atoms with Crippen LogP contribution in [0.3, 0.4) is 0 Å². The van der Waals surface area contributed by atoms with Gasteiger partial charge in [-0.1, -0.05) is 48.0 Å². The summed E-state index contributed by atoms with van der Waals surface area (Å²) in [6.45, 7) is -0.0160. The van der Waals surface area contributed by atoms with Gasteiger partial charge in [-0.15, -0.1) is 11.3 Å². The van der Waals surface area contributed by atoms with Crippen LogP contribution in [-0.4, -0.2) is 14.9 Å². The highest BCUT2D eigenvalue weighted by Gasteiger charge is 2.17. The fraction of sp³-hybridized carbons (Fsp3) is 0.0952. The molecule has 2 aromatic carbocycles. The first-order valence-electron chi connectivity index (χ1n) is 8.58. The summed E-state index contributed by atoms with van der Waals surface area (Å²) in [6.07, 6.45) is 0. The number of halogens is 1. The van der Waals surface area contributed by atoms with Crippen molar-refractivity contribution in [2.75, 3.05) is 0 Å². The molecule has 0 saturated carbocycles. The van der Waals surface area contributed by atoms with Crippen LogP contribution in [0.5, 0.6) is 0 Å². The normalized spacial score (nSPS) is 11.0. The second-order valence-electron chi connectivity index (χ2n) is 6.29. The van der Waals surface area contributed by atoms with E-state index in [1.54, 1.807) is 42.5 Å². The van der Waals surface area contributed by atoms with E-state index in [-0.39, 0.29) is 18.9 Å². The average molecular weight is 411 g/mol. The van der Waals surface area contributed by atoms with Crippen molar-refractivity contribution in [1.29, 1.82) is 0 Å². The number of rotatable bonds is 5. The Hall–Kier alpha value is -2.96. The van der Waals surface area contributed by atoms with Crippen molar-refractivity contribution >= 4 is 39.6 Å². The number of Topliss-reactive ketones (excluding diaryl/α,β-unsaturated/α-hetero) is 1. The molecule has 0 unspecified atom stereocenters. The predicted molar refractivity (Wildman–Crippen MR) is 112 cm³/mol. The maximum atomic E-state index is 13.1. The highest BCUT2D eigenvalue weighted by Crippen LogP contribution is 2.17. The summed E-state index contributed by atoms with van der Waals surface area (Å²) in [4.78, 5) is 39.7. The van der Waals surface area contributed by atoms with Crippen LogP contribution in [0.4, 0.5) is 0 Å². The van der Waals surface area contributed by atoms with E-state index >= 15 is 0 Å². The van der Waals surface area contributed by atoms with Crippen LogP contribution >= 0.6 is 22.9 Å². The zero-order chi connectivity index (χ0) is 19.7. The summed E-state index contributed by atoms with van der Waals surface area (Å²) in [5, 5.41) is 2.63. The molecular formula is C21H15ClN2O3S. The van der Waals surface area contributed by atoms with Crippen molar-refractivity contribution < 1.29 is 4.79 Å². The molecule has 0 aliphatic rings. The Morgan fingerprint density at radius 3 is 2.46 bits per heavy atom. The fourth-order valence-electron chi connectivity index (χ4n) is 3.10. The van der Waals surface area contributed by atoms with Crippen molar-refractivity contribution in [1.82, 2.24) is 9.13 Å². The Balaban J connectivity index is 1.90. The average Bonchev–Trinajstić information content (AvgIpc) is 3.22. The fourth-order valence-corrected chi connectivity index (χ4v) is 3.96. The summed E-state index contributed by atoms with van der Waals surface area (Å²) in [5.41, 5.74) is -0.0688. The number of nitrogens with zero attached hydrogens (tertiary/aromatic N) is 2. The molecule has 140 valence electrons. The molecule has 0 bridgehead atoms. The van der Waals surface area contributed by atoms with Gasteiger partial charge >= 0.3 is 5.69 Å². The van der Waals surface area contributed by atoms with Crippen molar-refractivity contribution in [2.24, 2.45) is 0 Å². The molecule has 7 heteroatoms. The van der Waals surface area contributed by atoms with Crippen molar-refractivity contribution in [3.05, 3.63) is 102 Å². The van der Waals surface area contributed by atoms with Gasteiger partial charge in [0.1, 0.15) is 0 Å². The second-order valence-corrected chi connectivity index (χ2v) is 7.76. The van der Waals surface area contributed by atoms with E-state index in [4.69, 9.17) is 11.6 Å². The lowest BCUT2D eigenvalue weighted by Gasteiger charge is -2.13. The van der Waals surface area contributed by atoms with Crippen molar-refractivity contribution in [2.45, 2.75) is 13.1 Å². The molecule has 5 nitrogen and oxygen atoms in total. The lowest BCUT2D eigenvalue weighted by atomic mass is 10.1. The standard InChI is InChI=1S/C21H15ClN2O3S/c22-15-8-9-17-18(11-15)23(13-19(25)14-5-2-1-3-6-14)21(27)24(20(17)26)12-16-7-4-10-28-16/h1-11H,12-13H2. The highest BCUT2D eigenvalue weighted by molar-refractivity contribution is 7.09. The second kappa shape index (κ2) is 7.58. The lowest BCUT2D eigenvalue weighted by Crippen LogP contribution is -2.41. The molecule has 0 aliphatic heterocycles. The molecule has 2 aromatic heterocycles. The van der Waals surface area contributed by atoms with E-state index in [1.807, 2.05) is 23.6 Å². The molecule has 2 heterocycles. The summed E-state index contributed by atoms with van der Waals surface area (Å²) in [5.74, 6) is -0.217. The first-order valence-corrected chi connectivity index (χ1v) is 9.84. The van der Waals surface area contributed by atoms with Gasteiger partial charge in [-0.05, 0) is 29.6 Å². The first kappa shape index (κ1) is 18.4. The van der Waals surface area contributed by atoms with Crippen molar-refractivity contribution in [3.63, 3.8) is 0 Å². The van der Waals surface area contributed by atoms with E-state index in [0.717, 1.165) is 4.88 Å². The quantitative estimate of drug-likeness (QED) is 0.470. The number of carbonyl (C=O) groups excluding carboxylic acids is 1. The Morgan fingerprint density at radius 1 is 0.964 bits per heavy atom. The van der Waals surface area contributed by atoms with E-state index in [0.29, 0.717) is 21.5 Å². The number of fused-ring (bicyclic) bond motifs is 1. The summed E-state index contributed by atoms with van der Waals surface area (Å²) >= 11 is 7.56. The monoisotopic (exact) mass is 410 g/mol. The number of carbonyl (C=O) groups is 1. The molecule has 0 aliphatic carbocycles. The molecule has 0 N–H and O–H groups in total. The minimum atomic E-state index is -0.530. The molecule has 0 spiro atoms. The maximum Gasteiger partial charge on any atom is 0.332 e. The van der Waals surface area contributed by atoms with E-state index in [1.165, 1.54) is 20.5 Å². The van der Waals surface area contributed by atoms with Crippen molar-refractivity contribution in [3.8, 4) is 0 Å². The van der Waals surface area contributed by atoms with Crippen LogP contribution in [0.25, 0.3) is 10.9 Å². The van der Waals surface area contributed by atoms with Crippen LogP contribution in [0.15, 0.2) is 75.6 Å². The van der Waals surface area contributed by atoms with Crippen LogP contribution in [0.1, 0.15) is 15.2 Å². The van der Waals surface area contributed by atoms with Gasteiger partial charge in [0.05, 0.1) is 24.0 Å².